The number of anilines is 1. The summed E-state index contributed by atoms with van der Waals surface area (Å²) in [7, 11) is 6.26. The van der Waals surface area contributed by atoms with Crippen LogP contribution in [0.2, 0.25) is 0 Å². The second-order valence-corrected chi connectivity index (χ2v) is 7.55. The third-order valence-corrected chi connectivity index (χ3v) is 5.47. The van der Waals surface area contributed by atoms with Crippen LogP contribution < -0.4 is 14.4 Å². The van der Waals surface area contributed by atoms with Crippen LogP contribution in [0.3, 0.4) is 0 Å². The molecule has 3 rings (SSSR count). The lowest BCUT2D eigenvalue weighted by Crippen LogP contribution is -2.37. The summed E-state index contributed by atoms with van der Waals surface area (Å²) in [6.45, 7) is 3.57. The quantitative estimate of drug-likeness (QED) is 0.483. The Labute approximate surface area is 194 Å². The van der Waals surface area contributed by atoms with Gasteiger partial charge in [0.05, 0.1) is 38.7 Å². The van der Waals surface area contributed by atoms with Crippen molar-refractivity contribution >= 4 is 23.1 Å². The van der Waals surface area contributed by atoms with Crippen LogP contribution in [0, 0.1) is 6.92 Å². The molecule has 176 valence electrons. The molecule has 8 heteroatoms. The average Bonchev–Trinajstić information content (AvgIpc) is 3.09. The molecule has 0 aliphatic carbocycles. The van der Waals surface area contributed by atoms with Crippen molar-refractivity contribution in [2.75, 3.05) is 59.6 Å². The van der Waals surface area contributed by atoms with E-state index in [0.717, 1.165) is 5.56 Å². The highest BCUT2D eigenvalue weighted by atomic mass is 16.5. The Hall–Kier alpha value is -3.36. The van der Waals surface area contributed by atoms with E-state index in [4.69, 9.17) is 18.9 Å². The second-order valence-electron chi connectivity index (χ2n) is 7.55. The highest BCUT2D eigenvalue weighted by molar-refractivity contribution is 6.45. The van der Waals surface area contributed by atoms with Crippen LogP contribution in [0.4, 0.5) is 5.69 Å². The zero-order chi connectivity index (χ0) is 24.0. The van der Waals surface area contributed by atoms with E-state index in [1.165, 1.54) is 12.0 Å². The number of carbonyl (C=O) groups excluding carboxylic acids is 2. The number of hydrogen-bond acceptors (Lipinski definition) is 7. The number of amides is 2. The fourth-order valence-corrected chi connectivity index (χ4v) is 3.73. The Bertz CT molecular complexity index is 1020. The SMILES string of the molecule is COCCN(CCOC)C1=C(c2ccc(OC)c(OC)c2)C(=O)N(c2ccc(C)cc2)C1=O. The largest absolute Gasteiger partial charge is 0.493 e. The van der Waals surface area contributed by atoms with Crippen LogP contribution in [0.5, 0.6) is 11.5 Å². The first-order valence-corrected chi connectivity index (χ1v) is 10.6. The van der Waals surface area contributed by atoms with E-state index < -0.39 is 5.91 Å². The Morgan fingerprint density at radius 2 is 1.39 bits per heavy atom. The molecule has 0 radical (unpaired) electrons. The van der Waals surface area contributed by atoms with Crippen molar-refractivity contribution in [2.45, 2.75) is 6.92 Å². The van der Waals surface area contributed by atoms with E-state index in [9.17, 15) is 9.59 Å². The van der Waals surface area contributed by atoms with E-state index in [2.05, 4.69) is 0 Å². The van der Waals surface area contributed by atoms with Gasteiger partial charge >= 0.3 is 0 Å². The molecule has 0 unspecified atom stereocenters. The first-order valence-electron chi connectivity index (χ1n) is 10.6. The Balaban J connectivity index is 2.17. The van der Waals surface area contributed by atoms with Gasteiger partial charge < -0.3 is 23.8 Å². The summed E-state index contributed by atoms with van der Waals surface area (Å²) in [5, 5.41) is 0. The number of nitrogens with zero attached hydrogens (tertiary/aromatic N) is 2. The van der Waals surface area contributed by atoms with E-state index in [1.54, 1.807) is 51.7 Å². The summed E-state index contributed by atoms with van der Waals surface area (Å²) in [6, 6.07) is 12.5. The highest BCUT2D eigenvalue weighted by Gasteiger charge is 2.42. The third-order valence-electron chi connectivity index (χ3n) is 5.47. The van der Waals surface area contributed by atoms with Crippen LogP contribution in [-0.2, 0) is 19.1 Å². The zero-order valence-electron chi connectivity index (χ0n) is 19.7. The minimum atomic E-state index is -0.397. The number of benzene rings is 2. The van der Waals surface area contributed by atoms with Gasteiger partial charge in [-0.1, -0.05) is 23.8 Å². The number of hydrogen-bond donors (Lipinski definition) is 0. The van der Waals surface area contributed by atoms with Crippen LogP contribution in [0.15, 0.2) is 48.2 Å². The molecule has 0 saturated carbocycles. The molecule has 0 fully saturated rings. The van der Waals surface area contributed by atoms with Crippen molar-refractivity contribution < 1.29 is 28.5 Å². The topological polar surface area (TPSA) is 77.5 Å². The van der Waals surface area contributed by atoms with Crippen molar-refractivity contribution in [3.63, 3.8) is 0 Å². The molecular weight excluding hydrogens is 424 g/mol. The zero-order valence-corrected chi connectivity index (χ0v) is 19.7. The van der Waals surface area contributed by atoms with Crippen LogP contribution in [0.25, 0.3) is 5.57 Å². The summed E-state index contributed by atoms with van der Waals surface area (Å²) in [6.07, 6.45) is 0. The van der Waals surface area contributed by atoms with Gasteiger partial charge in [-0.25, -0.2) is 4.90 Å². The molecule has 1 aliphatic heterocycles. The normalized spacial score (nSPS) is 13.7. The van der Waals surface area contributed by atoms with Gasteiger partial charge in [-0.2, -0.15) is 0 Å². The minimum Gasteiger partial charge on any atom is -0.493 e. The predicted octanol–water partition coefficient (Wildman–Crippen LogP) is 2.89. The molecule has 0 atom stereocenters. The lowest BCUT2D eigenvalue weighted by molar-refractivity contribution is -0.120. The van der Waals surface area contributed by atoms with Crippen LogP contribution in [-0.4, -0.2) is 71.5 Å². The smallest absolute Gasteiger partial charge is 0.282 e. The lowest BCUT2D eigenvalue weighted by Gasteiger charge is -2.25. The van der Waals surface area contributed by atoms with Crippen molar-refractivity contribution in [2.24, 2.45) is 0 Å². The fourth-order valence-electron chi connectivity index (χ4n) is 3.73. The Morgan fingerprint density at radius 1 is 0.788 bits per heavy atom. The maximum atomic E-state index is 13.7. The monoisotopic (exact) mass is 454 g/mol. The molecule has 1 aliphatic rings. The summed E-state index contributed by atoms with van der Waals surface area (Å²) in [4.78, 5) is 30.5. The van der Waals surface area contributed by atoms with Crippen LogP contribution >= 0.6 is 0 Å². The molecule has 0 spiro atoms. The average molecular weight is 455 g/mol. The summed E-state index contributed by atoms with van der Waals surface area (Å²) >= 11 is 0. The number of imide groups is 1. The van der Waals surface area contributed by atoms with Crippen molar-refractivity contribution in [1.82, 2.24) is 4.90 Å². The summed E-state index contributed by atoms with van der Waals surface area (Å²) in [5.41, 5.74) is 2.72. The maximum Gasteiger partial charge on any atom is 0.282 e. The molecule has 0 aromatic heterocycles. The summed E-state index contributed by atoms with van der Waals surface area (Å²) < 4.78 is 21.3. The number of ether oxygens (including phenoxy) is 4. The molecule has 0 bridgehead atoms. The lowest BCUT2D eigenvalue weighted by atomic mass is 10.0. The second kappa shape index (κ2) is 11.0. The molecular formula is C25H30N2O6. The molecule has 33 heavy (non-hydrogen) atoms. The first kappa shape index (κ1) is 24.3. The standard InChI is InChI=1S/C25H30N2O6/c1-17-6-9-19(10-7-17)27-24(28)22(18-8-11-20(32-4)21(16-18)33-5)23(25(27)29)26(12-14-30-2)13-15-31-3/h6-11,16H,12-15H2,1-5H3. The number of carbonyl (C=O) groups is 2. The van der Waals surface area contributed by atoms with Gasteiger partial charge in [0.1, 0.15) is 5.70 Å². The molecule has 2 aromatic rings. The van der Waals surface area contributed by atoms with Gasteiger partial charge in [0, 0.05) is 27.3 Å². The van der Waals surface area contributed by atoms with E-state index in [1.807, 2.05) is 24.0 Å². The van der Waals surface area contributed by atoms with Crippen molar-refractivity contribution in [3.05, 3.63) is 59.3 Å². The number of methoxy groups -OCH3 is 4. The fraction of sp³-hybridized carbons (Fsp3) is 0.360. The maximum absolute atomic E-state index is 13.7. The third kappa shape index (κ3) is 5.02. The molecule has 8 nitrogen and oxygen atoms in total. The van der Waals surface area contributed by atoms with Gasteiger partial charge in [0.2, 0.25) is 0 Å². The Kier molecular flexibility index (Phi) is 8.08. The van der Waals surface area contributed by atoms with E-state index >= 15 is 0 Å². The first-order chi connectivity index (χ1) is 16.0. The van der Waals surface area contributed by atoms with Crippen molar-refractivity contribution in [1.29, 1.82) is 0 Å². The molecule has 2 aromatic carbocycles. The highest BCUT2D eigenvalue weighted by Crippen LogP contribution is 2.38. The van der Waals surface area contributed by atoms with Crippen LogP contribution in [0.1, 0.15) is 11.1 Å². The number of aryl methyl sites for hydroxylation is 1. The minimum absolute atomic E-state index is 0.300. The van der Waals surface area contributed by atoms with Gasteiger partial charge in [0.25, 0.3) is 11.8 Å². The number of rotatable bonds is 11. The van der Waals surface area contributed by atoms with Gasteiger partial charge in [0.15, 0.2) is 11.5 Å². The predicted molar refractivity (Wildman–Crippen MR) is 125 cm³/mol. The molecule has 1 heterocycles. The molecule has 0 N–H and O–H groups in total. The summed E-state index contributed by atoms with van der Waals surface area (Å²) in [5.74, 6) is 0.217. The van der Waals surface area contributed by atoms with Gasteiger partial charge in [-0.05, 0) is 36.8 Å². The van der Waals surface area contributed by atoms with Gasteiger partial charge in [-0.3, -0.25) is 9.59 Å². The van der Waals surface area contributed by atoms with Crippen molar-refractivity contribution in [3.8, 4) is 11.5 Å². The Morgan fingerprint density at radius 3 is 1.94 bits per heavy atom. The van der Waals surface area contributed by atoms with E-state index in [-0.39, 0.29) is 5.91 Å². The van der Waals surface area contributed by atoms with E-state index in [0.29, 0.717) is 60.3 Å². The molecule has 2 amide bonds. The molecule has 0 saturated heterocycles. The van der Waals surface area contributed by atoms with Gasteiger partial charge in [-0.15, -0.1) is 0 Å².